The molecule has 0 bridgehead atoms. The van der Waals surface area contributed by atoms with Crippen LogP contribution in [-0.2, 0) is 26.0 Å². The molecule has 8 heteroatoms. The Kier molecular flexibility index (Phi) is 6.64. The lowest BCUT2D eigenvalue weighted by Crippen LogP contribution is -2.40. The minimum absolute atomic E-state index is 0.0851. The Labute approximate surface area is 167 Å². The van der Waals surface area contributed by atoms with Crippen molar-refractivity contribution < 1.29 is 17.9 Å². The standard InChI is InChI=1S/C19H21BrN2O4S/c20-16-2-1-3-17(14-16)21-19(23)9-6-15-4-7-18(8-5-15)27(24,25)22-10-12-26-13-11-22/h1-5,7-8,14H,6,9-13H2,(H,21,23). The van der Waals surface area contributed by atoms with Crippen LogP contribution in [0, 0.1) is 0 Å². The Balaban J connectivity index is 1.56. The zero-order chi connectivity index (χ0) is 19.3. The third kappa shape index (κ3) is 5.38. The number of hydrogen-bond acceptors (Lipinski definition) is 4. The number of sulfonamides is 1. The number of hydrogen-bond donors (Lipinski definition) is 1. The molecule has 27 heavy (non-hydrogen) atoms. The molecule has 3 rings (SSSR count). The molecule has 0 saturated carbocycles. The number of aryl methyl sites for hydroxylation is 1. The number of halogens is 1. The number of amides is 1. The fourth-order valence-electron chi connectivity index (χ4n) is 2.81. The van der Waals surface area contributed by atoms with Gasteiger partial charge in [0.15, 0.2) is 0 Å². The van der Waals surface area contributed by atoms with E-state index in [-0.39, 0.29) is 10.8 Å². The normalized spacial score (nSPS) is 15.4. The topological polar surface area (TPSA) is 75.7 Å². The lowest BCUT2D eigenvalue weighted by atomic mass is 10.1. The van der Waals surface area contributed by atoms with Crippen molar-refractivity contribution in [1.29, 1.82) is 0 Å². The van der Waals surface area contributed by atoms with Gasteiger partial charge in [-0.05, 0) is 42.3 Å². The highest BCUT2D eigenvalue weighted by atomic mass is 79.9. The smallest absolute Gasteiger partial charge is 0.243 e. The molecule has 2 aromatic carbocycles. The molecule has 1 amide bonds. The highest BCUT2D eigenvalue weighted by Gasteiger charge is 2.26. The molecule has 1 aliphatic heterocycles. The van der Waals surface area contributed by atoms with Crippen LogP contribution < -0.4 is 5.32 Å². The molecule has 1 aliphatic rings. The number of nitrogens with zero attached hydrogens (tertiary/aromatic N) is 1. The molecular weight excluding hydrogens is 432 g/mol. The Morgan fingerprint density at radius 1 is 1.11 bits per heavy atom. The van der Waals surface area contributed by atoms with E-state index in [4.69, 9.17) is 4.74 Å². The van der Waals surface area contributed by atoms with Gasteiger partial charge in [0.2, 0.25) is 15.9 Å². The average Bonchev–Trinajstić information content (AvgIpc) is 2.67. The average molecular weight is 453 g/mol. The number of anilines is 1. The first kappa shape index (κ1) is 20.0. The van der Waals surface area contributed by atoms with Gasteiger partial charge in [-0.1, -0.05) is 34.1 Å². The van der Waals surface area contributed by atoms with Crippen LogP contribution in [0.5, 0.6) is 0 Å². The molecule has 1 saturated heterocycles. The van der Waals surface area contributed by atoms with Crippen LogP contribution in [0.4, 0.5) is 5.69 Å². The molecule has 2 aromatic rings. The van der Waals surface area contributed by atoms with E-state index >= 15 is 0 Å². The van der Waals surface area contributed by atoms with Gasteiger partial charge in [0.25, 0.3) is 0 Å². The quantitative estimate of drug-likeness (QED) is 0.730. The van der Waals surface area contributed by atoms with Crippen LogP contribution in [0.2, 0.25) is 0 Å². The summed E-state index contributed by atoms with van der Waals surface area (Å²) in [5, 5.41) is 2.85. The van der Waals surface area contributed by atoms with Gasteiger partial charge in [-0.3, -0.25) is 4.79 Å². The lowest BCUT2D eigenvalue weighted by Gasteiger charge is -2.26. The van der Waals surface area contributed by atoms with Gasteiger partial charge in [0.1, 0.15) is 0 Å². The third-order valence-corrected chi connectivity index (χ3v) is 6.69. The van der Waals surface area contributed by atoms with E-state index < -0.39 is 10.0 Å². The maximum absolute atomic E-state index is 12.6. The molecular formula is C19H21BrN2O4S. The highest BCUT2D eigenvalue weighted by Crippen LogP contribution is 2.19. The summed E-state index contributed by atoms with van der Waals surface area (Å²) in [5.74, 6) is -0.0851. The fraction of sp³-hybridized carbons (Fsp3) is 0.316. The Morgan fingerprint density at radius 3 is 2.48 bits per heavy atom. The van der Waals surface area contributed by atoms with E-state index in [1.165, 1.54) is 4.31 Å². The van der Waals surface area contributed by atoms with Crippen molar-refractivity contribution >= 4 is 37.5 Å². The van der Waals surface area contributed by atoms with Crippen LogP contribution in [0.25, 0.3) is 0 Å². The van der Waals surface area contributed by atoms with Gasteiger partial charge in [-0.25, -0.2) is 8.42 Å². The number of carbonyl (C=O) groups is 1. The summed E-state index contributed by atoms with van der Waals surface area (Å²) in [4.78, 5) is 12.4. The van der Waals surface area contributed by atoms with Crippen LogP contribution >= 0.6 is 15.9 Å². The molecule has 6 nitrogen and oxygen atoms in total. The molecule has 0 aromatic heterocycles. The maximum atomic E-state index is 12.6. The molecule has 1 fully saturated rings. The molecule has 0 atom stereocenters. The van der Waals surface area contributed by atoms with Crippen LogP contribution in [0.1, 0.15) is 12.0 Å². The summed E-state index contributed by atoms with van der Waals surface area (Å²) >= 11 is 3.37. The van der Waals surface area contributed by atoms with Crippen LogP contribution in [0.15, 0.2) is 57.9 Å². The van der Waals surface area contributed by atoms with Crippen molar-refractivity contribution in [2.75, 3.05) is 31.6 Å². The first-order chi connectivity index (χ1) is 12.9. The second-order valence-corrected chi connectivity index (χ2v) is 9.07. The molecule has 0 radical (unpaired) electrons. The minimum atomic E-state index is -3.49. The van der Waals surface area contributed by atoms with E-state index in [0.717, 1.165) is 15.7 Å². The summed E-state index contributed by atoms with van der Waals surface area (Å²) in [6, 6.07) is 14.1. The van der Waals surface area contributed by atoms with Crippen molar-refractivity contribution in [2.45, 2.75) is 17.7 Å². The molecule has 0 aliphatic carbocycles. The van der Waals surface area contributed by atoms with Crippen LogP contribution in [-0.4, -0.2) is 44.9 Å². The van der Waals surface area contributed by atoms with Crippen molar-refractivity contribution in [3.63, 3.8) is 0 Å². The van der Waals surface area contributed by atoms with Gasteiger partial charge >= 0.3 is 0 Å². The van der Waals surface area contributed by atoms with E-state index in [1.807, 2.05) is 24.3 Å². The van der Waals surface area contributed by atoms with Crippen molar-refractivity contribution in [3.05, 3.63) is 58.6 Å². The number of ether oxygens (including phenoxy) is 1. The second-order valence-electron chi connectivity index (χ2n) is 6.22. The lowest BCUT2D eigenvalue weighted by molar-refractivity contribution is -0.116. The zero-order valence-corrected chi connectivity index (χ0v) is 17.1. The predicted molar refractivity (Wildman–Crippen MR) is 107 cm³/mol. The van der Waals surface area contributed by atoms with E-state index in [9.17, 15) is 13.2 Å². The molecule has 1 heterocycles. The molecule has 1 N–H and O–H groups in total. The number of morpholine rings is 1. The van der Waals surface area contributed by atoms with Gasteiger partial charge in [-0.2, -0.15) is 4.31 Å². The largest absolute Gasteiger partial charge is 0.379 e. The zero-order valence-electron chi connectivity index (χ0n) is 14.7. The van der Waals surface area contributed by atoms with Crippen molar-refractivity contribution in [3.8, 4) is 0 Å². The molecule has 144 valence electrons. The third-order valence-electron chi connectivity index (χ3n) is 4.28. The van der Waals surface area contributed by atoms with E-state index in [1.54, 1.807) is 24.3 Å². The van der Waals surface area contributed by atoms with Crippen molar-refractivity contribution in [2.24, 2.45) is 0 Å². The highest BCUT2D eigenvalue weighted by molar-refractivity contribution is 9.10. The summed E-state index contributed by atoms with van der Waals surface area (Å²) in [7, 11) is -3.49. The maximum Gasteiger partial charge on any atom is 0.243 e. The second kappa shape index (κ2) is 8.97. The molecule has 0 unspecified atom stereocenters. The van der Waals surface area contributed by atoms with E-state index in [2.05, 4.69) is 21.2 Å². The van der Waals surface area contributed by atoms with Crippen molar-refractivity contribution in [1.82, 2.24) is 4.31 Å². The first-order valence-electron chi connectivity index (χ1n) is 8.67. The van der Waals surface area contributed by atoms with Gasteiger partial charge in [0.05, 0.1) is 18.1 Å². The van der Waals surface area contributed by atoms with Gasteiger partial charge in [0, 0.05) is 29.7 Å². The summed E-state index contributed by atoms with van der Waals surface area (Å²) < 4.78 is 32.7. The Hall–Kier alpha value is -1.74. The predicted octanol–water partition coefficient (Wildman–Crippen LogP) is 3.04. The Morgan fingerprint density at radius 2 is 1.81 bits per heavy atom. The fourth-order valence-corrected chi connectivity index (χ4v) is 4.62. The van der Waals surface area contributed by atoms with Gasteiger partial charge in [-0.15, -0.1) is 0 Å². The Bertz CT molecular complexity index is 894. The van der Waals surface area contributed by atoms with Gasteiger partial charge < -0.3 is 10.1 Å². The number of benzene rings is 2. The summed E-state index contributed by atoms with van der Waals surface area (Å²) in [5.41, 5.74) is 1.65. The SMILES string of the molecule is O=C(CCc1ccc(S(=O)(=O)N2CCOCC2)cc1)Nc1cccc(Br)c1. The minimum Gasteiger partial charge on any atom is -0.379 e. The monoisotopic (exact) mass is 452 g/mol. The number of carbonyl (C=O) groups excluding carboxylic acids is 1. The number of rotatable bonds is 6. The summed E-state index contributed by atoms with van der Waals surface area (Å²) in [6.45, 7) is 1.59. The summed E-state index contributed by atoms with van der Waals surface area (Å²) in [6.07, 6.45) is 0.861. The van der Waals surface area contributed by atoms with E-state index in [0.29, 0.717) is 39.1 Å². The number of nitrogens with one attached hydrogen (secondary N) is 1. The first-order valence-corrected chi connectivity index (χ1v) is 10.9. The van der Waals surface area contributed by atoms with Crippen LogP contribution in [0.3, 0.4) is 0 Å². The molecule has 0 spiro atoms.